The summed E-state index contributed by atoms with van der Waals surface area (Å²) in [6.07, 6.45) is -2.56. The van der Waals surface area contributed by atoms with Crippen LogP contribution in [0, 0.1) is 0 Å². The van der Waals surface area contributed by atoms with Crippen molar-refractivity contribution < 1.29 is 27.5 Å². The monoisotopic (exact) mass is 618 g/mol. The van der Waals surface area contributed by atoms with Crippen LogP contribution >= 0.6 is 11.6 Å². The Kier molecular flexibility index (Phi) is 10.5. The van der Waals surface area contributed by atoms with E-state index in [1.807, 2.05) is 24.8 Å². The second-order valence-corrected chi connectivity index (χ2v) is 10.3. The number of hydrogen-bond donors (Lipinski definition) is 2. The van der Waals surface area contributed by atoms with Crippen molar-refractivity contribution in [1.29, 1.82) is 0 Å². The van der Waals surface area contributed by atoms with Gasteiger partial charge in [0.2, 0.25) is 5.88 Å². The van der Waals surface area contributed by atoms with Gasteiger partial charge in [0.15, 0.2) is 5.69 Å². The average molecular weight is 619 g/mol. The van der Waals surface area contributed by atoms with E-state index in [0.717, 1.165) is 12.1 Å². The second-order valence-electron chi connectivity index (χ2n) is 9.91. The lowest BCUT2D eigenvalue weighted by molar-refractivity contribution is -0.138. The molecule has 1 saturated heterocycles. The summed E-state index contributed by atoms with van der Waals surface area (Å²) >= 11 is 5.82. The highest BCUT2D eigenvalue weighted by Gasteiger charge is 2.38. The van der Waals surface area contributed by atoms with Crippen LogP contribution in [0.4, 0.5) is 18.9 Å². The third kappa shape index (κ3) is 7.37. The quantitative estimate of drug-likeness (QED) is 0.312. The Balaban J connectivity index is 1.67. The molecule has 43 heavy (non-hydrogen) atoms. The van der Waals surface area contributed by atoms with E-state index in [1.165, 1.54) is 11.0 Å². The van der Waals surface area contributed by atoms with Gasteiger partial charge in [-0.05, 0) is 62.9 Å². The standard InChI is InChI=1S/C30H34ClF3N6O3/c1-4-20-18-39(29(42)21-9-8-19(31)17-23(21)30(32,33)34)15-16-40(20)25-11-10-24(22-7-6-12-37-28(22)43-5-2)38-26(25)27(41)36-14-13-35-3/h6-12,17,20,35H,4-5,13-16,18H2,1-3H3,(H,36,41). The molecule has 3 heterocycles. The SMILES string of the molecule is CCOc1ncccc1-c1ccc(N2CCN(C(=O)c3ccc(Cl)cc3C(F)(F)F)CC2CC)c(C(=O)NCCNC)n1. The van der Waals surface area contributed by atoms with E-state index in [-0.39, 0.29) is 42.3 Å². The fourth-order valence-corrected chi connectivity index (χ4v) is 5.21. The largest absolute Gasteiger partial charge is 0.477 e. The topological polar surface area (TPSA) is 99.7 Å². The molecule has 0 saturated carbocycles. The maximum absolute atomic E-state index is 13.7. The van der Waals surface area contributed by atoms with Crippen LogP contribution in [0.1, 0.15) is 46.7 Å². The van der Waals surface area contributed by atoms with Crippen LogP contribution in [0.3, 0.4) is 0 Å². The van der Waals surface area contributed by atoms with Crippen molar-refractivity contribution in [3.05, 3.63) is 70.5 Å². The summed E-state index contributed by atoms with van der Waals surface area (Å²) in [4.78, 5) is 39.2. The van der Waals surface area contributed by atoms with E-state index >= 15 is 0 Å². The van der Waals surface area contributed by atoms with E-state index in [1.54, 1.807) is 31.4 Å². The van der Waals surface area contributed by atoms with Gasteiger partial charge in [-0.25, -0.2) is 9.97 Å². The molecule has 13 heteroatoms. The molecule has 1 atom stereocenters. The van der Waals surface area contributed by atoms with Gasteiger partial charge in [-0.15, -0.1) is 0 Å². The molecule has 0 bridgehead atoms. The molecule has 1 aromatic carbocycles. The average Bonchev–Trinajstić information content (AvgIpc) is 3.00. The molecule has 3 aromatic rings. The molecule has 230 valence electrons. The predicted octanol–water partition coefficient (Wildman–Crippen LogP) is 4.90. The Morgan fingerprint density at radius 1 is 1.12 bits per heavy atom. The Morgan fingerprint density at radius 3 is 2.60 bits per heavy atom. The number of likely N-dealkylation sites (N-methyl/N-ethyl adjacent to an activating group) is 1. The van der Waals surface area contributed by atoms with Gasteiger partial charge in [0.25, 0.3) is 11.8 Å². The van der Waals surface area contributed by atoms with Gasteiger partial charge in [-0.3, -0.25) is 9.59 Å². The fourth-order valence-electron chi connectivity index (χ4n) is 5.04. The maximum Gasteiger partial charge on any atom is 0.417 e. The van der Waals surface area contributed by atoms with Gasteiger partial charge < -0.3 is 25.2 Å². The third-order valence-corrected chi connectivity index (χ3v) is 7.38. The molecule has 0 spiro atoms. The summed E-state index contributed by atoms with van der Waals surface area (Å²) in [6, 6.07) is 10.0. The van der Waals surface area contributed by atoms with Gasteiger partial charge in [0, 0.05) is 50.0 Å². The molecule has 1 aliphatic heterocycles. The van der Waals surface area contributed by atoms with Crippen molar-refractivity contribution in [2.24, 2.45) is 0 Å². The number of benzene rings is 1. The molecule has 2 aromatic heterocycles. The van der Waals surface area contributed by atoms with Crippen LogP contribution in [0.15, 0.2) is 48.7 Å². The first-order valence-corrected chi connectivity index (χ1v) is 14.4. The van der Waals surface area contributed by atoms with Crippen molar-refractivity contribution in [3.63, 3.8) is 0 Å². The number of piperazine rings is 1. The smallest absolute Gasteiger partial charge is 0.417 e. The van der Waals surface area contributed by atoms with Crippen molar-refractivity contribution >= 4 is 29.1 Å². The summed E-state index contributed by atoms with van der Waals surface area (Å²) in [5, 5.41) is 5.77. The lowest BCUT2D eigenvalue weighted by atomic mass is 10.0. The van der Waals surface area contributed by atoms with Crippen molar-refractivity contribution in [1.82, 2.24) is 25.5 Å². The number of aromatic nitrogens is 2. The van der Waals surface area contributed by atoms with Crippen molar-refractivity contribution in [2.45, 2.75) is 32.5 Å². The first-order chi connectivity index (χ1) is 20.6. The van der Waals surface area contributed by atoms with Gasteiger partial charge in [-0.2, -0.15) is 13.2 Å². The summed E-state index contributed by atoms with van der Waals surface area (Å²) < 4.78 is 46.9. The van der Waals surface area contributed by atoms with Gasteiger partial charge in [0.1, 0.15) is 0 Å². The predicted molar refractivity (Wildman–Crippen MR) is 159 cm³/mol. The van der Waals surface area contributed by atoms with Gasteiger partial charge in [-0.1, -0.05) is 18.5 Å². The Morgan fingerprint density at radius 2 is 1.91 bits per heavy atom. The summed E-state index contributed by atoms with van der Waals surface area (Å²) in [6.45, 7) is 5.70. The number of hydrogen-bond acceptors (Lipinski definition) is 7. The highest BCUT2D eigenvalue weighted by atomic mass is 35.5. The Labute approximate surface area is 253 Å². The normalized spacial score (nSPS) is 15.4. The van der Waals surface area contributed by atoms with E-state index in [4.69, 9.17) is 21.3 Å². The van der Waals surface area contributed by atoms with Crippen LogP contribution in [-0.2, 0) is 6.18 Å². The molecule has 9 nitrogen and oxygen atoms in total. The lowest BCUT2D eigenvalue weighted by Crippen LogP contribution is -2.55. The van der Waals surface area contributed by atoms with Crippen molar-refractivity contribution in [3.8, 4) is 17.1 Å². The summed E-state index contributed by atoms with van der Waals surface area (Å²) in [5.74, 6) is -0.704. The summed E-state index contributed by atoms with van der Waals surface area (Å²) in [5.41, 5.74) is 0.374. The zero-order valence-electron chi connectivity index (χ0n) is 24.2. The Bertz CT molecular complexity index is 1450. The molecule has 2 N–H and O–H groups in total. The maximum atomic E-state index is 13.7. The van der Waals surface area contributed by atoms with Crippen LogP contribution in [0.2, 0.25) is 5.02 Å². The number of rotatable bonds is 10. The minimum absolute atomic E-state index is 0.101. The molecule has 0 radical (unpaired) electrons. The lowest BCUT2D eigenvalue weighted by Gasteiger charge is -2.43. The van der Waals surface area contributed by atoms with E-state index in [2.05, 4.69) is 15.6 Å². The van der Waals surface area contributed by atoms with Crippen LogP contribution < -0.4 is 20.3 Å². The zero-order valence-corrected chi connectivity index (χ0v) is 24.9. The van der Waals surface area contributed by atoms with Crippen LogP contribution in [0.5, 0.6) is 5.88 Å². The van der Waals surface area contributed by atoms with E-state index in [0.29, 0.717) is 48.9 Å². The molecule has 4 rings (SSSR count). The van der Waals surface area contributed by atoms with Crippen molar-refractivity contribution in [2.75, 3.05) is 51.3 Å². The molecule has 1 aliphatic rings. The number of nitrogens with one attached hydrogen (secondary N) is 2. The molecule has 2 amide bonds. The number of ether oxygens (including phenoxy) is 1. The number of amides is 2. The van der Waals surface area contributed by atoms with Gasteiger partial charge in [0.05, 0.1) is 34.7 Å². The number of pyridine rings is 2. The van der Waals surface area contributed by atoms with Gasteiger partial charge >= 0.3 is 6.18 Å². The van der Waals surface area contributed by atoms with E-state index < -0.39 is 23.2 Å². The molecular weight excluding hydrogens is 585 g/mol. The number of halogens is 4. The second kappa shape index (κ2) is 14.0. The number of alkyl halides is 3. The van der Waals surface area contributed by atoms with Crippen LogP contribution in [0.25, 0.3) is 11.3 Å². The minimum atomic E-state index is -4.73. The van der Waals surface area contributed by atoms with Crippen LogP contribution in [-0.4, -0.2) is 79.1 Å². The van der Waals surface area contributed by atoms with E-state index in [9.17, 15) is 22.8 Å². The molecule has 0 aliphatic carbocycles. The molecular formula is C30H34ClF3N6O3. The minimum Gasteiger partial charge on any atom is -0.477 e. The Hall–Kier alpha value is -3.90. The third-order valence-electron chi connectivity index (χ3n) is 7.15. The summed E-state index contributed by atoms with van der Waals surface area (Å²) in [7, 11) is 1.78. The molecule has 1 fully saturated rings. The first kappa shape index (κ1) is 32.0. The number of carbonyl (C=O) groups excluding carboxylic acids is 2. The highest BCUT2D eigenvalue weighted by molar-refractivity contribution is 6.30. The number of carbonyl (C=O) groups is 2. The first-order valence-electron chi connectivity index (χ1n) is 14.0. The highest BCUT2D eigenvalue weighted by Crippen LogP contribution is 2.36. The zero-order chi connectivity index (χ0) is 31.1. The number of nitrogens with zero attached hydrogens (tertiary/aromatic N) is 4. The number of anilines is 1. The fraction of sp³-hybridized carbons (Fsp3) is 0.400. The molecule has 1 unspecified atom stereocenters.